The number of aromatic nitrogens is 1. The van der Waals surface area contributed by atoms with Gasteiger partial charge in [-0.15, -0.1) is 0 Å². The molecule has 2 heterocycles. The fourth-order valence-electron chi connectivity index (χ4n) is 5.27. The van der Waals surface area contributed by atoms with Gasteiger partial charge in [-0.05, 0) is 63.2 Å². The van der Waals surface area contributed by atoms with Crippen LogP contribution in [0.4, 0.5) is 0 Å². The Morgan fingerprint density at radius 2 is 2.04 bits per heavy atom. The number of piperidine rings is 1. The molecule has 3 saturated carbocycles. The van der Waals surface area contributed by atoms with Crippen molar-refractivity contribution in [2.75, 3.05) is 13.1 Å². The fourth-order valence-corrected chi connectivity index (χ4v) is 5.27. The molecule has 28 heavy (non-hydrogen) atoms. The summed E-state index contributed by atoms with van der Waals surface area (Å²) in [6, 6.07) is 0.229. The molecule has 6 heteroatoms. The molecule has 4 aliphatic rings. The van der Waals surface area contributed by atoms with Crippen molar-refractivity contribution in [1.29, 1.82) is 0 Å². The molecule has 1 aromatic heterocycles. The topological polar surface area (TPSA) is 75.4 Å². The standard InChI is InChI=1S/C22H31N3O3/c1-3-4-15-11-16(15)21(27)25-9-7-22(8-10-25)12-17(22)23-20(26)18-13(2)24-28-19(18)14-5-6-14/h14-17H,3-12H2,1-2H3,(H,23,26)/t15-,16-,17?/m1/s1. The van der Waals surface area contributed by atoms with E-state index in [1.165, 1.54) is 12.8 Å². The van der Waals surface area contributed by atoms with Crippen LogP contribution in [0.1, 0.15) is 86.0 Å². The number of nitrogens with one attached hydrogen (secondary N) is 1. The summed E-state index contributed by atoms with van der Waals surface area (Å²) in [5, 5.41) is 7.26. The molecular weight excluding hydrogens is 354 g/mol. The van der Waals surface area contributed by atoms with E-state index >= 15 is 0 Å². The highest BCUT2D eigenvalue weighted by Crippen LogP contribution is 2.55. The van der Waals surface area contributed by atoms with E-state index in [9.17, 15) is 9.59 Å². The maximum absolute atomic E-state index is 12.8. The molecule has 3 atom stereocenters. The van der Waals surface area contributed by atoms with Gasteiger partial charge in [0.2, 0.25) is 5.91 Å². The third-order valence-electron chi connectivity index (χ3n) is 7.53. The smallest absolute Gasteiger partial charge is 0.257 e. The molecule has 1 aromatic rings. The second-order valence-electron chi connectivity index (χ2n) is 9.59. The first kappa shape index (κ1) is 18.2. The van der Waals surface area contributed by atoms with Crippen LogP contribution in [-0.4, -0.2) is 41.0 Å². The molecule has 4 fully saturated rings. The normalized spacial score (nSPS) is 30.4. The highest BCUT2D eigenvalue weighted by Gasteiger charge is 2.57. The van der Waals surface area contributed by atoms with E-state index in [-0.39, 0.29) is 17.4 Å². The van der Waals surface area contributed by atoms with Gasteiger partial charge in [0, 0.05) is 31.0 Å². The van der Waals surface area contributed by atoms with Gasteiger partial charge in [-0.25, -0.2) is 0 Å². The Labute approximate surface area is 166 Å². The van der Waals surface area contributed by atoms with Gasteiger partial charge in [-0.1, -0.05) is 18.5 Å². The molecule has 6 nitrogen and oxygen atoms in total. The first-order valence-corrected chi connectivity index (χ1v) is 11.1. The summed E-state index contributed by atoms with van der Waals surface area (Å²) in [4.78, 5) is 27.6. The van der Waals surface area contributed by atoms with Crippen LogP contribution in [0.3, 0.4) is 0 Å². The quantitative estimate of drug-likeness (QED) is 0.814. The molecule has 2 amide bonds. The van der Waals surface area contributed by atoms with Gasteiger partial charge < -0.3 is 14.7 Å². The lowest BCUT2D eigenvalue weighted by molar-refractivity contribution is -0.134. The van der Waals surface area contributed by atoms with E-state index in [0.717, 1.165) is 57.4 Å². The van der Waals surface area contributed by atoms with E-state index in [1.807, 2.05) is 6.92 Å². The maximum Gasteiger partial charge on any atom is 0.257 e. The summed E-state index contributed by atoms with van der Waals surface area (Å²) in [6.45, 7) is 5.74. The van der Waals surface area contributed by atoms with E-state index in [1.54, 1.807) is 0 Å². The van der Waals surface area contributed by atoms with Crippen LogP contribution < -0.4 is 5.32 Å². The van der Waals surface area contributed by atoms with E-state index in [4.69, 9.17) is 4.52 Å². The number of rotatable bonds is 6. The first-order valence-electron chi connectivity index (χ1n) is 11.1. The molecule has 152 valence electrons. The summed E-state index contributed by atoms with van der Waals surface area (Å²) in [5.74, 6) is 2.43. The number of likely N-dealkylation sites (tertiary alicyclic amines) is 1. The van der Waals surface area contributed by atoms with Gasteiger partial charge in [0.05, 0.1) is 5.69 Å². The van der Waals surface area contributed by atoms with Crippen molar-refractivity contribution in [2.24, 2.45) is 17.3 Å². The van der Waals surface area contributed by atoms with Gasteiger partial charge in [0.25, 0.3) is 5.91 Å². The zero-order valence-electron chi connectivity index (χ0n) is 17.0. The Hall–Kier alpha value is -1.85. The van der Waals surface area contributed by atoms with Crippen LogP contribution >= 0.6 is 0 Å². The average Bonchev–Trinajstić information content (AvgIpc) is 3.59. The lowest BCUT2D eigenvalue weighted by atomic mass is 9.92. The van der Waals surface area contributed by atoms with Crippen LogP contribution in [0.25, 0.3) is 0 Å². The van der Waals surface area contributed by atoms with E-state index in [0.29, 0.717) is 34.9 Å². The Kier molecular flexibility index (Phi) is 4.29. The molecule has 5 rings (SSSR count). The van der Waals surface area contributed by atoms with Crippen LogP contribution in [0.15, 0.2) is 4.52 Å². The second kappa shape index (κ2) is 6.60. The minimum Gasteiger partial charge on any atom is -0.360 e. The Bertz CT molecular complexity index is 789. The van der Waals surface area contributed by atoms with Crippen LogP contribution in [0, 0.1) is 24.2 Å². The SMILES string of the molecule is CCC[C@@H]1C[C@H]1C(=O)N1CCC2(CC1)CC2NC(=O)c1c(C)noc1C1CC1. The van der Waals surface area contributed by atoms with Crippen molar-refractivity contribution in [3.8, 4) is 0 Å². The van der Waals surface area contributed by atoms with Crippen molar-refractivity contribution < 1.29 is 14.1 Å². The number of nitrogens with zero attached hydrogens (tertiary/aromatic N) is 2. The molecule has 1 aliphatic heterocycles. The molecule has 3 aliphatic carbocycles. The first-order chi connectivity index (χ1) is 13.5. The van der Waals surface area contributed by atoms with Gasteiger partial charge in [0.15, 0.2) is 5.76 Å². The van der Waals surface area contributed by atoms with Gasteiger partial charge in [-0.2, -0.15) is 0 Å². The van der Waals surface area contributed by atoms with Crippen molar-refractivity contribution >= 4 is 11.8 Å². The molecule has 1 spiro atoms. The summed E-state index contributed by atoms with van der Waals surface area (Å²) in [5.41, 5.74) is 1.55. The minimum absolute atomic E-state index is 0.0265. The number of carbonyl (C=O) groups is 2. The summed E-state index contributed by atoms with van der Waals surface area (Å²) >= 11 is 0. The monoisotopic (exact) mass is 385 g/mol. The third-order valence-corrected chi connectivity index (χ3v) is 7.53. The Morgan fingerprint density at radius 3 is 2.71 bits per heavy atom. The lowest BCUT2D eigenvalue weighted by Crippen LogP contribution is -2.42. The molecule has 0 aromatic carbocycles. The molecule has 1 saturated heterocycles. The van der Waals surface area contributed by atoms with Crippen molar-refractivity contribution in [3.05, 3.63) is 17.0 Å². The van der Waals surface area contributed by atoms with Gasteiger partial charge in [0.1, 0.15) is 5.56 Å². The van der Waals surface area contributed by atoms with Gasteiger partial charge in [-0.3, -0.25) is 9.59 Å². The highest BCUT2D eigenvalue weighted by molar-refractivity contribution is 5.97. The summed E-state index contributed by atoms with van der Waals surface area (Å²) < 4.78 is 5.42. The fraction of sp³-hybridized carbons (Fsp3) is 0.773. The second-order valence-corrected chi connectivity index (χ2v) is 9.59. The zero-order chi connectivity index (χ0) is 19.5. The van der Waals surface area contributed by atoms with E-state index < -0.39 is 0 Å². The minimum atomic E-state index is -0.0265. The van der Waals surface area contributed by atoms with E-state index in [2.05, 4.69) is 22.3 Å². The molecular formula is C22H31N3O3. The molecule has 0 bridgehead atoms. The Balaban J connectivity index is 1.15. The third kappa shape index (κ3) is 3.15. The number of carbonyl (C=O) groups excluding carboxylic acids is 2. The molecule has 1 unspecified atom stereocenters. The number of amides is 2. The number of aryl methyl sites for hydroxylation is 1. The average molecular weight is 386 g/mol. The highest BCUT2D eigenvalue weighted by atomic mass is 16.5. The largest absolute Gasteiger partial charge is 0.360 e. The van der Waals surface area contributed by atoms with Crippen molar-refractivity contribution in [2.45, 2.75) is 77.2 Å². The summed E-state index contributed by atoms with van der Waals surface area (Å²) in [7, 11) is 0. The number of hydrogen-bond acceptors (Lipinski definition) is 4. The molecule has 1 N–H and O–H groups in total. The molecule has 0 radical (unpaired) electrons. The lowest BCUT2D eigenvalue weighted by Gasteiger charge is -2.33. The van der Waals surface area contributed by atoms with Crippen molar-refractivity contribution in [3.63, 3.8) is 0 Å². The van der Waals surface area contributed by atoms with Crippen LogP contribution in [-0.2, 0) is 4.79 Å². The predicted molar refractivity (Wildman–Crippen MR) is 104 cm³/mol. The van der Waals surface area contributed by atoms with Crippen molar-refractivity contribution in [1.82, 2.24) is 15.4 Å². The number of hydrogen-bond donors (Lipinski definition) is 1. The maximum atomic E-state index is 12.8. The van der Waals surface area contributed by atoms with Crippen LogP contribution in [0.5, 0.6) is 0 Å². The van der Waals surface area contributed by atoms with Gasteiger partial charge >= 0.3 is 0 Å². The summed E-state index contributed by atoms with van der Waals surface area (Å²) in [6.07, 6.45) is 8.68. The zero-order valence-corrected chi connectivity index (χ0v) is 17.0. The Morgan fingerprint density at radius 1 is 1.29 bits per heavy atom. The predicted octanol–water partition coefficient (Wildman–Crippen LogP) is 3.41. The van der Waals surface area contributed by atoms with Crippen LogP contribution in [0.2, 0.25) is 0 Å².